The number of nitrogens with zero attached hydrogens (tertiary/aromatic N) is 2. The molecule has 0 spiro atoms. The molecule has 1 saturated heterocycles. The fourth-order valence-electron chi connectivity index (χ4n) is 2.52. The van der Waals surface area contributed by atoms with Gasteiger partial charge in [-0.2, -0.15) is 0 Å². The first-order valence-corrected chi connectivity index (χ1v) is 7.16. The molecule has 20 heavy (non-hydrogen) atoms. The van der Waals surface area contributed by atoms with Crippen LogP contribution in [0.4, 0.5) is 4.79 Å². The van der Waals surface area contributed by atoms with Crippen molar-refractivity contribution in [2.24, 2.45) is 5.92 Å². The number of hydrogen-bond acceptors (Lipinski definition) is 3. The average Bonchev–Trinajstić information content (AvgIpc) is 2.31. The fourth-order valence-corrected chi connectivity index (χ4v) is 2.52. The van der Waals surface area contributed by atoms with Crippen molar-refractivity contribution in [2.75, 3.05) is 33.2 Å². The Morgan fingerprint density at radius 1 is 1.40 bits per heavy atom. The molecule has 1 aliphatic rings. The highest BCUT2D eigenvalue weighted by Crippen LogP contribution is 2.16. The van der Waals surface area contributed by atoms with E-state index in [1.165, 1.54) is 4.90 Å². The van der Waals surface area contributed by atoms with Crippen LogP contribution in [0, 0.1) is 5.92 Å². The summed E-state index contributed by atoms with van der Waals surface area (Å²) < 4.78 is 0. The predicted octanol–water partition coefficient (Wildman–Crippen LogP) is 1.22. The number of rotatable bonds is 4. The summed E-state index contributed by atoms with van der Waals surface area (Å²) in [5, 5.41) is 11.8. The van der Waals surface area contributed by atoms with Crippen molar-refractivity contribution in [1.82, 2.24) is 15.1 Å². The lowest BCUT2D eigenvalue weighted by atomic mass is 9.98. The zero-order valence-corrected chi connectivity index (χ0v) is 13.0. The van der Waals surface area contributed by atoms with Crippen LogP contribution in [0.25, 0.3) is 0 Å². The molecule has 1 atom stereocenters. The van der Waals surface area contributed by atoms with E-state index < -0.39 is 11.5 Å². The standard InChI is InChI=1S/C14H27N3O3/c1-14(2,3)17(10-12(18)19)13(20)15-8-11-6-5-7-16(4)9-11/h11H,5-10H2,1-4H3,(H,15,20)(H,18,19). The van der Waals surface area contributed by atoms with Gasteiger partial charge in [0.1, 0.15) is 6.54 Å². The number of carbonyl (C=O) groups excluding carboxylic acids is 1. The van der Waals surface area contributed by atoms with E-state index in [2.05, 4.69) is 17.3 Å². The van der Waals surface area contributed by atoms with Crippen LogP contribution < -0.4 is 5.32 Å². The third-order valence-corrected chi connectivity index (χ3v) is 3.61. The summed E-state index contributed by atoms with van der Waals surface area (Å²) in [6.07, 6.45) is 2.26. The number of carbonyl (C=O) groups is 2. The second kappa shape index (κ2) is 6.92. The number of carboxylic acids is 1. The Bertz CT molecular complexity index is 352. The van der Waals surface area contributed by atoms with E-state index in [1.807, 2.05) is 20.8 Å². The molecule has 0 aromatic carbocycles. The lowest BCUT2D eigenvalue weighted by Crippen LogP contribution is -2.53. The summed E-state index contributed by atoms with van der Waals surface area (Å²) in [4.78, 5) is 26.7. The molecule has 1 unspecified atom stereocenters. The molecule has 1 fully saturated rings. The molecule has 0 bridgehead atoms. The van der Waals surface area contributed by atoms with E-state index in [1.54, 1.807) is 0 Å². The molecule has 116 valence electrons. The van der Waals surface area contributed by atoms with Crippen LogP contribution in [0.5, 0.6) is 0 Å². The number of aliphatic carboxylic acids is 1. The zero-order valence-electron chi connectivity index (χ0n) is 13.0. The van der Waals surface area contributed by atoms with E-state index in [9.17, 15) is 9.59 Å². The molecular weight excluding hydrogens is 258 g/mol. The van der Waals surface area contributed by atoms with Crippen molar-refractivity contribution in [3.05, 3.63) is 0 Å². The summed E-state index contributed by atoms with van der Waals surface area (Å²) in [7, 11) is 2.08. The largest absolute Gasteiger partial charge is 0.480 e. The molecule has 1 aliphatic heterocycles. The summed E-state index contributed by atoms with van der Waals surface area (Å²) >= 11 is 0. The van der Waals surface area contributed by atoms with Crippen LogP contribution >= 0.6 is 0 Å². The van der Waals surface area contributed by atoms with Crippen molar-refractivity contribution < 1.29 is 14.7 Å². The molecular formula is C14H27N3O3. The molecule has 6 heteroatoms. The van der Waals surface area contributed by atoms with Gasteiger partial charge in [-0.05, 0) is 53.1 Å². The molecule has 2 N–H and O–H groups in total. The molecule has 1 heterocycles. The van der Waals surface area contributed by atoms with Gasteiger partial charge in [-0.15, -0.1) is 0 Å². The van der Waals surface area contributed by atoms with Crippen LogP contribution in [0.3, 0.4) is 0 Å². The smallest absolute Gasteiger partial charge is 0.323 e. The Kier molecular flexibility index (Phi) is 5.80. The number of amides is 2. The van der Waals surface area contributed by atoms with Crippen molar-refractivity contribution in [1.29, 1.82) is 0 Å². The van der Waals surface area contributed by atoms with Crippen molar-refractivity contribution in [2.45, 2.75) is 39.2 Å². The van der Waals surface area contributed by atoms with E-state index in [0.29, 0.717) is 12.5 Å². The minimum absolute atomic E-state index is 0.278. The number of piperidine rings is 1. The Morgan fingerprint density at radius 2 is 2.05 bits per heavy atom. The third-order valence-electron chi connectivity index (χ3n) is 3.61. The number of urea groups is 1. The second-order valence-corrected chi connectivity index (χ2v) is 6.61. The van der Waals surface area contributed by atoms with Crippen molar-refractivity contribution in [3.63, 3.8) is 0 Å². The quantitative estimate of drug-likeness (QED) is 0.814. The van der Waals surface area contributed by atoms with E-state index in [0.717, 1.165) is 25.9 Å². The minimum atomic E-state index is -0.993. The molecule has 0 aromatic heterocycles. The zero-order chi connectivity index (χ0) is 15.3. The normalized spacial score (nSPS) is 20.5. The SMILES string of the molecule is CN1CCCC(CNC(=O)N(CC(=O)O)C(C)(C)C)C1. The van der Waals surface area contributed by atoms with Gasteiger partial charge >= 0.3 is 12.0 Å². The van der Waals surface area contributed by atoms with Crippen LogP contribution in [0.15, 0.2) is 0 Å². The summed E-state index contributed by atoms with van der Waals surface area (Å²) in [5.74, 6) is -0.545. The van der Waals surface area contributed by atoms with Gasteiger partial charge in [0.25, 0.3) is 0 Å². The van der Waals surface area contributed by atoms with Gasteiger partial charge in [-0.25, -0.2) is 4.79 Å². The van der Waals surface area contributed by atoms with Gasteiger partial charge < -0.3 is 20.2 Å². The minimum Gasteiger partial charge on any atom is -0.480 e. The molecule has 0 aliphatic carbocycles. The predicted molar refractivity (Wildman–Crippen MR) is 77.7 cm³/mol. The summed E-state index contributed by atoms with van der Waals surface area (Å²) in [6.45, 7) is 7.93. The first-order valence-electron chi connectivity index (χ1n) is 7.16. The van der Waals surface area contributed by atoms with Crippen LogP contribution in [0.1, 0.15) is 33.6 Å². The Morgan fingerprint density at radius 3 is 2.55 bits per heavy atom. The number of hydrogen-bond donors (Lipinski definition) is 2. The first kappa shape index (κ1) is 16.8. The van der Waals surface area contributed by atoms with Gasteiger partial charge in [0.15, 0.2) is 0 Å². The molecule has 2 amide bonds. The number of likely N-dealkylation sites (tertiary alicyclic amines) is 1. The molecule has 0 saturated carbocycles. The Balaban J connectivity index is 2.51. The highest BCUT2D eigenvalue weighted by atomic mass is 16.4. The van der Waals surface area contributed by atoms with Gasteiger partial charge in [0.2, 0.25) is 0 Å². The van der Waals surface area contributed by atoms with Gasteiger partial charge in [0.05, 0.1) is 0 Å². The van der Waals surface area contributed by atoms with E-state index in [4.69, 9.17) is 5.11 Å². The van der Waals surface area contributed by atoms with Crippen LogP contribution in [-0.2, 0) is 4.79 Å². The summed E-state index contributed by atoms with van der Waals surface area (Å²) in [5.41, 5.74) is -0.508. The Labute approximate surface area is 121 Å². The highest BCUT2D eigenvalue weighted by molar-refractivity contribution is 5.80. The lowest BCUT2D eigenvalue weighted by molar-refractivity contribution is -0.138. The third kappa shape index (κ3) is 5.36. The van der Waals surface area contributed by atoms with Crippen LogP contribution in [-0.4, -0.2) is 65.7 Å². The molecule has 0 radical (unpaired) electrons. The van der Waals surface area contributed by atoms with Crippen molar-refractivity contribution in [3.8, 4) is 0 Å². The second-order valence-electron chi connectivity index (χ2n) is 6.61. The van der Waals surface area contributed by atoms with Crippen LogP contribution in [0.2, 0.25) is 0 Å². The molecule has 1 rings (SSSR count). The molecule has 0 aromatic rings. The molecule has 6 nitrogen and oxygen atoms in total. The highest BCUT2D eigenvalue weighted by Gasteiger charge is 2.29. The Hall–Kier alpha value is -1.30. The lowest BCUT2D eigenvalue weighted by Gasteiger charge is -2.35. The number of carboxylic acid groups (broad SMARTS) is 1. The fraction of sp³-hybridized carbons (Fsp3) is 0.857. The maximum Gasteiger partial charge on any atom is 0.323 e. The van der Waals surface area contributed by atoms with Gasteiger partial charge in [-0.3, -0.25) is 4.79 Å². The van der Waals surface area contributed by atoms with Gasteiger partial charge in [-0.1, -0.05) is 0 Å². The monoisotopic (exact) mass is 285 g/mol. The van der Waals surface area contributed by atoms with E-state index in [-0.39, 0.29) is 12.6 Å². The van der Waals surface area contributed by atoms with Gasteiger partial charge in [0, 0.05) is 18.6 Å². The van der Waals surface area contributed by atoms with Crippen molar-refractivity contribution >= 4 is 12.0 Å². The maximum absolute atomic E-state index is 12.2. The van der Waals surface area contributed by atoms with E-state index >= 15 is 0 Å². The topological polar surface area (TPSA) is 72.9 Å². The maximum atomic E-state index is 12.2. The average molecular weight is 285 g/mol. The summed E-state index contributed by atoms with van der Waals surface area (Å²) in [6, 6.07) is -0.298. The first-order chi connectivity index (χ1) is 9.20. The number of nitrogens with one attached hydrogen (secondary N) is 1.